The minimum atomic E-state index is -0.0546. The number of hydrogen-bond acceptors (Lipinski definition) is 3. The Hall–Kier alpha value is -2.66. The van der Waals surface area contributed by atoms with E-state index in [2.05, 4.69) is 44.7 Å². The Morgan fingerprint density at radius 1 is 1.19 bits per heavy atom. The van der Waals surface area contributed by atoms with E-state index in [4.69, 9.17) is 0 Å². The Morgan fingerprint density at radius 2 is 2.07 bits per heavy atom. The molecule has 0 radical (unpaired) electrons. The highest BCUT2D eigenvalue weighted by Gasteiger charge is 2.63. The van der Waals surface area contributed by atoms with Crippen LogP contribution in [0.5, 0.6) is 0 Å². The summed E-state index contributed by atoms with van der Waals surface area (Å²) < 4.78 is 0. The van der Waals surface area contributed by atoms with Gasteiger partial charge < -0.3 is 5.32 Å². The van der Waals surface area contributed by atoms with Gasteiger partial charge in [0.2, 0.25) is 0 Å². The predicted molar refractivity (Wildman–Crippen MR) is 109 cm³/mol. The summed E-state index contributed by atoms with van der Waals surface area (Å²) in [6.45, 7) is 2.18. The average molecular weight is 362 g/mol. The maximum atomic E-state index is 13.0. The fraction of sp³-hybridized carbons (Fsp3) is 0.364. The van der Waals surface area contributed by atoms with E-state index in [1.54, 1.807) is 0 Å². The summed E-state index contributed by atoms with van der Waals surface area (Å²) in [6, 6.07) is 16.6. The third kappa shape index (κ3) is 2.09. The van der Waals surface area contributed by atoms with Gasteiger partial charge in [-0.3, -0.25) is 14.8 Å². The monoisotopic (exact) mass is 362 g/mol. The summed E-state index contributed by atoms with van der Waals surface area (Å²) in [6.07, 6.45) is 3.84. The second-order valence-electron chi connectivity index (χ2n) is 8.22. The van der Waals surface area contributed by atoms with E-state index in [0.717, 1.165) is 28.6 Å². The van der Waals surface area contributed by atoms with Gasteiger partial charge in [0.1, 0.15) is 0 Å². The molecule has 0 bridgehead atoms. The maximum Gasteiger partial charge on any atom is 0.272 e. The maximum absolute atomic E-state index is 13.0. The van der Waals surface area contributed by atoms with E-state index >= 15 is 0 Å². The number of hydrogen-bond donors (Lipinski definition) is 2. The van der Waals surface area contributed by atoms with Crippen molar-refractivity contribution in [2.45, 2.75) is 30.8 Å². The molecule has 1 aliphatic carbocycles. The van der Waals surface area contributed by atoms with Crippen LogP contribution in [0, 0.1) is 5.92 Å². The molecule has 3 aromatic rings. The number of carbonyl (C=O) groups is 1. The molecule has 2 unspecified atom stereocenters. The molecular weight excluding hydrogens is 336 g/mol. The van der Waals surface area contributed by atoms with Gasteiger partial charge in [0, 0.05) is 32.9 Å². The smallest absolute Gasteiger partial charge is 0.272 e. The second-order valence-corrected chi connectivity index (χ2v) is 8.22. The highest BCUT2D eigenvalue weighted by Crippen LogP contribution is 2.57. The number of amides is 1. The van der Waals surface area contributed by atoms with Crippen LogP contribution in [0.15, 0.2) is 48.5 Å². The predicted octanol–water partition coefficient (Wildman–Crippen LogP) is 3.69. The molecule has 1 amide bonds. The van der Waals surface area contributed by atoms with Crippen molar-refractivity contribution in [2.24, 2.45) is 5.92 Å². The van der Waals surface area contributed by atoms with Gasteiger partial charge in [-0.25, -0.2) is 0 Å². The molecule has 3 aliphatic rings. The van der Waals surface area contributed by atoms with E-state index in [0.29, 0.717) is 17.2 Å². The first-order valence-electron chi connectivity index (χ1n) is 9.84. The molecule has 2 N–H and O–H groups in total. The molecule has 3 fully saturated rings. The van der Waals surface area contributed by atoms with Gasteiger partial charge in [0.15, 0.2) is 5.69 Å². The van der Waals surface area contributed by atoms with Crippen LogP contribution in [0.1, 0.15) is 32.6 Å². The Bertz CT molecular complexity index is 1050. The number of nitrogens with one attached hydrogen (secondary N) is 2. The molecule has 3 heterocycles. The first-order valence-corrected chi connectivity index (χ1v) is 9.84. The van der Waals surface area contributed by atoms with E-state index in [1.165, 1.54) is 25.8 Å². The molecule has 27 heavy (non-hydrogen) atoms. The molecule has 1 saturated carbocycles. The molecule has 5 nitrogen and oxygen atoms in total. The summed E-state index contributed by atoms with van der Waals surface area (Å²) >= 11 is 0. The summed E-state index contributed by atoms with van der Waals surface area (Å²) in [4.78, 5) is 15.6. The molecule has 2 aliphatic heterocycles. The fourth-order valence-electron chi connectivity index (χ4n) is 5.50. The summed E-state index contributed by atoms with van der Waals surface area (Å²) in [7, 11) is 0. The quantitative estimate of drug-likeness (QED) is 0.747. The molecule has 140 valence electrons. The normalized spacial score (nSPS) is 28.9. The van der Waals surface area contributed by atoms with Crippen LogP contribution < -0.4 is 5.32 Å². The highest BCUT2D eigenvalue weighted by molar-refractivity contribution is 6.05. The molecule has 3 atom stereocenters. The van der Waals surface area contributed by atoms with Crippen LogP contribution in [-0.2, 0) is 0 Å². The SMILES string of the molecule is O=C(N[C@H]1CN2CCC23CCC13)c1n[nH]c2ccc(-c3ccccc3)cc12.[HH].[HH]. The zero-order valence-electron chi connectivity index (χ0n) is 15.1. The Balaban J connectivity index is 0.00000102. The summed E-state index contributed by atoms with van der Waals surface area (Å²) in [5.41, 5.74) is 4.07. The Labute approximate surface area is 160 Å². The van der Waals surface area contributed by atoms with E-state index < -0.39 is 0 Å². The number of carbonyl (C=O) groups excluding carboxylic acids is 1. The number of aromatic amines is 1. The zero-order chi connectivity index (χ0) is 18.0. The van der Waals surface area contributed by atoms with Gasteiger partial charge in [0.05, 0.1) is 5.52 Å². The number of aromatic nitrogens is 2. The van der Waals surface area contributed by atoms with Crippen molar-refractivity contribution in [3.8, 4) is 11.1 Å². The van der Waals surface area contributed by atoms with Crippen molar-refractivity contribution in [3.63, 3.8) is 0 Å². The summed E-state index contributed by atoms with van der Waals surface area (Å²) in [5.74, 6) is 0.571. The molecule has 1 aromatic heterocycles. The lowest BCUT2D eigenvalue weighted by atomic mass is 9.61. The highest BCUT2D eigenvalue weighted by atomic mass is 16.2. The number of nitrogens with zero attached hydrogens (tertiary/aromatic N) is 2. The minimum Gasteiger partial charge on any atom is -0.346 e. The third-order valence-electron chi connectivity index (χ3n) is 7.13. The first kappa shape index (κ1) is 15.4. The lowest BCUT2D eigenvalue weighted by Crippen LogP contribution is -2.64. The standard InChI is InChI=1S/C22H22N4O.2H2/c27-21(23-19-13-26-11-10-22(26)9-8-17(19)22)20-16-12-15(6-7-18(16)24-25-20)14-4-2-1-3-5-14;;/h1-7,12,17,19H,8-11,13H2,(H,23,27)(H,24,25);2*1H/t17?,19-,22?;;/m0../s1. The van der Waals surface area contributed by atoms with Crippen LogP contribution in [0.25, 0.3) is 22.0 Å². The van der Waals surface area contributed by atoms with Gasteiger partial charge in [-0.15, -0.1) is 0 Å². The number of fused-ring (bicyclic) bond motifs is 1. The van der Waals surface area contributed by atoms with Crippen LogP contribution >= 0.6 is 0 Å². The number of rotatable bonds is 3. The fourth-order valence-corrected chi connectivity index (χ4v) is 5.50. The van der Waals surface area contributed by atoms with Crippen molar-refractivity contribution in [1.29, 1.82) is 0 Å². The molecular formula is C22H26N4O. The van der Waals surface area contributed by atoms with Gasteiger partial charge in [-0.1, -0.05) is 36.4 Å². The number of benzene rings is 2. The Morgan fingerprint density at radius 3 is 2.78 bits per heavy atom. The largest absolute Gasteiger partial charge is 0.346 e. The van der Waals surface area contributed by atoms with Crippen LogP contribution in [-0.4, -0.2) is 45.7 Å². The van der Waals surface area contributed by atoms with Crippen LogP contribution in [0.2, 0.25) is 0 Å². The van der Waals surface area contributed by atoms with Gasteiger partial charge >= 0.3 is 0 Å². The van der Waals surface area contributed by atoms with Crippen molar-refractivity contribution in [1.82, 2.24) is 20.4 Å². The van der Waals surface area contributed by atoms with Gasteiger partial charge in [-0.2, -0.15) is 5.10 Å². The van der Waals surface area contributed by atoms with E-state index in [9.17, 15) is 4.79 Å². The lowest BCUT2D eigenvalue weighted by Gasteiger charge is -2.58. The molecule has 2 aromatic carbocycles. The number of H-pyrrole nitrogens is 1. The first-order chi connectivity index (χ1) is 13.2. The topological polar surface area (TPSA) is 61.0 Å². The Kier molecular flexibility index (Phi) is 3.09. The van der Waals surface area contributed by atoms with Crippen LogP contribution in [0.4, 0.5) is 0 Å². The van der Waals surface area contributed by atoms with Gasteiger partial charge in [-0.05, 0) is 48.4 Å². The minimum absolute atomic E-state index is 0. The molecule has 2 saturated heterocycles. The third-order valence-corrected chi connectivity index (χ3v) is 7.13. The molecule has 5 heteroatoms. The van der Waals surface area contributed by atoms with Crippen molar-refractivity contribution in [3.05, 3.63) is 54.2 Å². The van der Waals surface area contributed by atoms with E-state index in [1.807, 2.05) is 24.3 Å². The zero-order valence-corrected chi connectivity index (χ0v) is 15.1. The van der Waals surface area contributed by atoms with Crippen molar-refractivity contribution < 1.29 is 7.65 Å². The van der Waals surface area contributed by atoms with Crippen molar-refractivity contribution in [2.75, 3.05) is 13.1 Å². The lowest BCUT2D eigenvalue weighted by molar-refractivity contribution is -0.0676. The van der Waals surface area contributed by atoms with Crippen molar-refractivity contribution >= 4 is 16.8 Å². The van der Waals surface area contributed by atoms with E-state index in [-0.39, 0.29) is 14.8 Å². The summed E-state index contributed by atoms with van der Waals surface area (Å²) in [5, 5.41) is 11.5. The molecule has 6 rings (SSSR count). The van der Waals surface area contributed by atoms with Crippen LogP contribution in [0.3, 0.4) is 0 Å². The second kappa shape index (κ2) is 5.42. The average Bonchev–Trinajstić information content (AvgIpc) is 3.13. The van der Waals surface area contributed by atoms with Gasteiger partial charge in [0.25, 0.3) is 5.91 Å². The molecule has 1 spiro atoms.